The molecule has 0 heterocycles. The summed E-state index contributed by atoms with van der Waals surface area (Å²) in [5, 5.41) is 12.3. The van der Waals surface area contributed by atoms with Crippen molar-refractivity contribution >= 4 is 21.9 Å². The summed E-state index contributed by atoms with van der Waals surface area (Å²) in [7, 11) is -3.70. The van der Waals surface area contributed by atoms with Crippen molar-refractivity contribution in [3.05, 3.63) is 29.3 Å². The number of benzene rings is 1. The molecular formula is C18H26N2O5S. The number of hydrogen-bond acceptors (Lipinski definition) is 4. The van der Waals surface area contributed by atoms with Crippen LogP contribution >= 0.6 is 0 Å². The molecule has 1 fully saturated rings. The average Bonchev–Trinajstić information content (AvgIpc) is 2.57. The van der Waals surface area contributed by atoms with Gasteiger partial charge in [-0.25, -0.2) is 17.9 Å². The van der Waals surface area contributed by atoms with Crippen molar-refractivity contribution in [2.45, 2.75) is 56.9 Å². The van der Waals surface area contributed by atoms with Gasteiger partial charge < -0.3 is 10.4 Å². The van der Waals surface area contributed by atoms with E-state index in [0.717, 1.165) is 12.8 Å². The number of amides is 1. The molecule has 0 aliphatic heterocycles. The molecule has 3 N–H and O–H groups in total. The SMILES string of the molecule is CCNS(=O)(=O)c1ccc(C)c(C(=O)NC2(C(=O)O)CCC(C)CC2)c1. The smallest absolute Gasteiger partial charge is 0.329 e. The summed E-state index contributed by atoms with van der Waals surface area (Å²) in [6.45, 7) is 5.65. The number of aliphatic carboxylic acids is 1. The number of carbonyl (C=O) groups excluding carboxylic acids is 1. The highest BCUT2D eigenvalue weighted by Crippen LogP contribution is 2.32. The second-order valence-electron chi connectivity index (χ2n) is 7.00. The Morgan fingerprint density at radius 2 is 1.88 bits per heavy atom. The van der Waals surface area contributed by atoms with Crippen molar-refractivity contribution in [3.8, 4) is 0 Å². The summed E-state index contributed by atoms with van der Waals surface area (Å²) < 4.78 is 26.7. The third kappa shape index (κ3) is 4.24. The van der Waals surface area contributed by atoms with E-state index in [0.29, 0.717) is 24.3 Å². The lowest BCUT2D eigenvalue weighted by molar-refractivity contribution is -0.146. The van der Waals surface area contributed by atoms with Crippen molar-refractivity contribution in [2.24, 2.45) is 5.92 Å². The summed E-state index contributed by atoms with van der Waals surface area (Å²) in [5.41, 5.74) is -0.544. The van der Waals surface area contributed by atoms with Gasteiger partial charge >= 0.3 is 5.97 Å². The summed E-state index contributed by atoms with van der Waals surface area (Å²) in [4.78, 5) is 24.6. The third-order valence-corrected chi connectivity index (χ3v) is 6.53. The van der Waals surface area contributed by atoms with Gasteiger partial charge in [0.15, 0.2) is 0 Å². The van der Waals surface area contributed by atoms with E-state index in [9.17, 15) is 23.1 Å². The maximum atomic E-state index is 12.8. The first-order chi connectivity index (χ1) is 12.1. The Bertz CT molecular complexity index is 796. The quantitative estimate of drug-likeness (QED) is 0.697. The minimum Gasteiger partial charge on any atom is -0.480 e. The zero-order valence-electron chi connectivity index (χ0n) is 15.3. The minimum absolute atomic E-state index is 0.0169. The Balaban J connectivity index is 2.33. The fourth-order valence-corrected chi connectivity index (χ4v) is 4.29. The second kappa shape index (κ2) is 7.75. The van der Waals surface area contributed by atoms with Gasteiger partial charge in [0.2, 0.25) is 10.0 Å². The van der Waals surface area contributed by atoms with E-state index in [1.165, 1.54) is 12.1 Å². The first-order valence-electron chi connectivity index (χ1n) is 8.77. The number of hydrogen-bond donors (Lipinski definition) is 3. The van der Waals surface area contributed by atoms with Gasteiger partial charge in [-0.05, 0) is 56.2 Å². The maximum Gasteiger partial charge on any atom is 0.329 e. The Labute approximate surface area is 154 Å². The molecule has 1 aromatic rings. The number of carboxylic acid groups (broad SMARTS) is 1. The van der Waals surface area contributed by atoms with Crippen molar-refractivity contribution in [3.63, 3.8) is 0 Å². The number of nitrogens with one attached hydrogen (secondary N) is 2. The fraction of sp³-hybridized carbons (Fsp3) is 0.556. The molecule has 0 saturated heterocycles. The van der Waals surface area contributed by atoms with E-state index in [2.05, 4.69) is 17.0 Å². The molecule has 1 aliphatic carbocycles. The van der Waals surface area contributed by atoms with E-state index >= 15 is 0 Å². The first kappa shape index (κ1) is 20.4. The van der Waals surface area contributed by atoms with E-state index in [1.54, 1.807) is 19.9 Å². The minimum atomic E-state index is -3.70. The molecule has 1 amide bonds. The summed E-state index contributed by atoms with van der Waals surface area (Å²) in [5.74, 6) is -1.19. The number of aryl methyl sites for hydroxylation is 1. The molecular weight excluding hydrogens is 356 g/mol. The summed E-state index contributed by atoms with van der Waals surface area (Å²) >= 11 is 0. The molecule has 1 aliphatic rings. The third-order valence-electron chi connectivity index (χ3n) is 4.99. The molecule has 1 saturated carbocycles. The monoisotopic (exact) mass is 382 g/mol. The van der Waals surface area contributed by atoms with Crippen LogP contribution in [0.2, 0.25) is 0 Å². The Kier molecular flexibility index (Phi) is 6.08. The van der Waals surface area contributed by atoms with Crippen LogP contribution in [-0.2, 0) is 14.8 Å². The Morgan fingerprint density at radius 3 is 2.42 bits per heavy atom. The first-order valence-corrected chi connectivity index (χ1v) is 10.3. The molecule has 2 rings (SSSR count). The van der Waals surface area contributed by atoms with Crippen molar-refractivity contribution in [1.82, 2.24) is 10.0 Å². The highest BCUT2D eigenvalue weighted by molar-refractivity contribution is 7.89. The van der Waals surface area contributed by atoms with Crippen LogP contribution < -0.4 is 10.0 Å². The van der Waals surface area contributed by atoms with E-state index in [1.807, 2.05) is 0 Å². The topological polar surface area (TPSA) is 113 Å². The predicted octanol–water partition coefficient (Wildman–Crippen LogP) is 2.06. The van der Waals surface area contributed by atoms with Crippen LogP contribution in [-0.4, -0.2) is 37.5 Å². The zero-order chi connectivity index (χ0) is 19.5. The number of carbonyl (C=O) groups is 2. The van der Waals surface area contributed by atoms with Gasteiger partial charge in [0.05, 0.1) is 4.90 Å². The lowest BCUT2D eigenvalue weighted by atomic mass is 9.77. The van der Waals surface area contributed by atoms with Crippen LogP contribution in [0.1, 0.15) is 55.5 Å². The van der Waals surface area contributed by atoms with Gasteiger partial charge in [-0.3, -0.25) is 4.79 Å². The molecule has 7 nitrogen and oxygen atoms in total. The molecule has 1 aromatic carbocycles. The van der Waals surface area contributed by atoms with Gasteiger partial charge in [-0.2, -0.15) is 0 Å². The van der Waals surface area contributed by atoms with Crippen LogP contribution in [0.25, 0.3) is 0 Å². The molecule has 0 unspecified atom stereocenters. The molecule has 0 atom stereocenters. The molecule has 0 spiro atoms. The van der Waals surface area contributed by atoms with Gasteiger partial charge in [0.1, 0.15) is 5.54 Å². The van der Waals surface area contributed by atoms with Crippen LogP contribution in [0, 0.1) is 12.8 Å². The lowest BCUT2D eigenvalue weighted by Gasteiger charge is -2.36. The van der Waals surface area contributed by atoms with E-state index < -0.39 is 27.4 Å². The largest absolute Gasteiger partial charge is 0.480 e. The number of rotatable bonds is 6. The Hall–Kier alpha value is -1.93. The van der Waals surface area contributed by atoms with Gasteiger partial charge in [0, 0.05) is 12.1 Å². The molecule has 0 bridgehead atoms. The standard InChI is InChI=1S/C18H26N2O5S/c1-4-19-26(24,25)14-6-5-13(3)15(11-14)16(21)20-18(17(22)23)9-7-12(2)8-10-18/h5-6,11-12,19H,4,7-10H2,1-3H3,(H,20,21)(H,22,23). The highest BCUT2D eigenvalue weighted by atomic mass is 32.2. The normalized spacial score (nSPS) is 23.4. The van der Waals surface area contributed by atoms with Crippen molar-refractivity contribution in [1.29, 1.82) is 0 Å². The summed E-state index contributed by atoms with van der Waals surface area (Å²) in [6, 6.07) is 4.28. The summed E-state index contributed by atoms with van der Waals surface area (Å²) in [6.07, 6.45) is 2.17. The fourth-order valence-electron chi connectivity index (χ4n) is 3.22. The van der Waals surface area contributed by atoms with Crippen LogP contribution in [0.4, 0.5) is 0 Å². The van der Waals surface area contributed by atoms with Crippen LogP contribution in [0.3, 0.4) is 0 Å². The molecule has 26 heavy (non-hydrogen) atoms. The Morgan fingerprint density at radius 1 is 1.27 bits per heavy atom. The maximum absolute atomic E-state index is 12.8. The number of sulfonamides is 1. The average molecular weight is 382 g/mol. The molecule has 0 radical (unpaired) electrons. The van der Waals surface area contributed by atoms with Crippen molar-refractivity contribution < 1.29 is 23.1 Å². The van der Waals surface area contributed by atoms with E-state index in [-0.39, 0.29) is 17.0 Å². The van der Waals surface area contributed by atoms with E-state index in [4.69, 9.17) is 0 Å². The van der Waals surface area contributed by atoms with Crippen LogP contribution in [0.15, 0.2) is 23.1 Å². The molecule has 8 heteroatoms. The molecule has 144 valence electrons. The highest BCUT2D eigenvalue weighted by Gasteiger charge is 2.42. The van der Waals surface area contributed by atoms with Gasteiger partial charge in [-0.1, -0.05) is 19.9 Å². The number of carboxylic acids is 1. The van der Waals surface area contributed by atoms with Crippen molar-refractivity contribution in [2.75, 3.05) is 6.54 Å². The second-order valence-corrected chi connectivity index (χ2v) is 8.77. The van der Waals surface area contributed by atoms with Gasteiger partial charge in [0.25, 0.3) is 5.91 Å². The zero-order valence-corrected chi connectivity index (χ0v) is 16.1. The predicted molar refractivity (Wildman–Crippen MR) is 97.5 cm³/mol. The van der Waals surface area contributed by atoms with Crippen LogP contribution in [0.5, 0.6) is 0 Å². The van der Waals surface area contributed by atoms with Gasteiger partial charge in [-0.15, -0.1) is 0 Å². The lowest BCUT2D eigenvalue weighted by Crippen LogP contribution is -2.56. The molecule has 0 aromatic heterocycles.